The van der Waals surface area contributed by atoms with Gasteiger partial charge in [0.2, 0.25) is 5.91 Å². The summed E-state index contributed by atoms with van der Waals surface area (Å²) in [5, 5.41) is 9.84. The van der Waals surface area contributed by atoms with E-state index in [9.17, 15) is 4.79 Å². The minimum absolute atomic E-state index is 0.0605. The standard InChI is InChI=1S/C19H18N4O3/c24-17-9-6-14-12-15(7-8-16(14)21-17)25-11-10-20-19-22-18(26-23-19)13-4-2-1-3-5-13/h1-5,7-8,12H,6,9-11H2,(H,20,23)(H,21,24). The van der Waals surface area contributed by atoms with E-state index < -0.39 is 0 Å². The average Bonchev–Trinajstić information content (AvgIpc) is 3.15. The summed E-state index contributed by atoms with van der Waals surface area (Å²) in [5.74, 6) is 1.75. The number of aryl methyl sites for hydroxylation is 1. The van der Waals surface area contributed by atoms with Crippen LogP contribution in [-0.2, 0) is 11.2 Å². The molecule has 7 nitrogen and oxygen atoms in total. The minimum atomic E-state index is 0.0605. The molecule has 132 valence electrons. The van der Waals surface area contributed by atoms with Gasteiger partial charge in [0.1, 0.15) is 12.4 Å². The van der Waals surface area contributed by atoms with Gasteiger partial charge in [-0.15, -0.1) is 0 Å². The van der Waals surface area contributed by atoms with Crippen LogP contribution in [-0.4, -0.2) is 29.2 Å². The fraction of sp³-hybridized carbons (Fsp3) is 0.211. The molecule has 0 atom stereocenters. The van der Waals surface area contributed by atoms with Crippen LogP contribution in [0.2, 0.25) is 0 Å². The summed E-state index contributed by atoms with van der Waals surface area (Å²) in [7, 11) is 0. The molecule has 26 heavy (non-hydrogen) atoms. The van der Waals surface area contributed by atoms with Crippen LogP contribution in [0.5, 0.6) is 5.75 Å². The van der Waals surface area contributed by atoms with Gasteiger partial charge in [0.15, 0.2) is 0 Å². The van der Waals surface area contributed by atoms with E-state index in [1.54, 1.807) is 0 Å². The van der Waals surface area contributed by atoms with E-state index >= 15 is 0 Å². The zero-order valence-corrected chi connectivity index (χ0v) is 14.1. The number of nitrogens with zero attached hydrogens (tertiary/aromatic N) is 2. The molecular weight excluding hydrogens is 332 g/mol. The second-order valence-electron chi connectivity index (χ2n) is 5.93. The Morgan fingerprint density at radius 3 is 2.92 bits per heavy atom. The van der Waals surface area contributed by atoms with Crippen molar-refractivity contribution >= 4 is 17.5 Å². The van der Waals surface area contributed by atoms with Gasteiger partial charge in [-0.1, -0.05) is 18.2 Å². The number of benzene rings is 2. The van der Waals surface area contributed by atoms with Crippen LogP contribution in [0.25, 0.3) is 11.5 Å². The molecule has 1 amide bonds. The summed E-state index contributed by atoms with van der Waals surface area (Å²) in [6.45, 7) is 1.00. The number of carbonyl (C=O) groups is 1. The Kier molecular flexibility index (Phi) is 4.51. The highest BCUT2D eigenvalue weighted by Crippen LogP contribution is 2.26. The highest BCUT2D eigenvalue weighted by molar-refractivity contribution is 5.93. The van der Waals surface area contributed by atoms with Crippen molar-refractivity contribution in [3.63, 3.8) is 0 Å². The third kappa shape index (κ3) is 3.66. The van der Waals surface area contributed by atoms with Crippen LogP contribution in [0.3, 0.4) is 0 Å². The second-order valence-corrected chi connectivity index (χ2v) is 5.93. The number of hydrogen-bond acceptors (Lipinski definition) is 6. The number of nitrogens with one attached hydrogen (secondary N) is 2. The monoisotopic (exact) mass is 350 g/mol. The van der Waals surface area contributed by atoms with Crippen LogP contribution < -0.4 is 15.4 Å². The van der Waals surface area contributed by atoms with Crippen molar-refractivity contribution in [1.82, 2.24) is 10.1 Å². The molecule has 7 heteroatoms. The first-order valence-electron chi connectivity index (χ1n) is 8.46. The summed E-state index contributed by atoms with van der Waals surface area (Å²) in [6, 6.07) is 15.3. The Morgan fingerprint density at radius 1 is 1.15 bits per heavy atom. The van der Waals surface area contributed by atoms with Gasteiger partial charge >= 0.3 is 0 Å². The van der Waals surface area contributed by atoms with Crippen molar-refractivity contribution in [3.8, 4) is 17.2 Å². The fourth-order valence-electron chi connectivity index (χ4n) is 2.77. The quantitative estimate of drug-likeness (QED) is 0.664. The zero-order chi connectivity index (χ0) is 17.8. The van der Waals surface area contributed by atoms with Gasteiger partial charge in [-0.2, -0.15) is 4.98 Å². The smallest absolute Gasteiger partial charge is 0.263 e. The van der Waals surface area contributed by atoms with Crippen LogP contribution in [0, 0.1) is 0 Å². The number of rotatable bonds is 6. The van der Waals surface area contributed by atoms with Crippen molar-refractivity contribution in [2.75, 3.05) is 23.8 Å². The van der Waals surface area contributed by atoms with E-state index in [-0.39, 0.29) is 5.91 Å². The predicted molar refractivity (Wildman–Crippen MR) is 97.1 cm³/mol. The first-order valence-corrected chi connectivity index (χ1v) is 8.46. The fourth-order valence-corrected chi connectivity index (χ4v) is 2.77. The van der Waals surface area contributed by atoms with Gasteiger partial charge in [-0.3, -0.25) is 4.79 Å². The Balaban J connectivity index is 1.28. The molecule has 1 aromatic heterocycles. The lowest BCUT2D eigenvalue weighted by Crippen LogP contribution is -2.19. The van der Waals surface area contributed by atoms with E-state index in [1.165, 1.54) is 0 Å². The van der Waals surface area contributed by atoms with Gasteiger partial charge in [0.05, 0.1) is 6.54 Å². The lowest BCUT2D eigenvalue weighted by atomic mass is 10.0. The van der Waals surface area contributed by atoms with Gasteiger partial charge < -0.3 is 19.9 Å². The third-order valence-electron chi connectivity index (χ3n) is 4.07. The van der Waals surface area contributed by atoms with Crippen molar-refractivity contribution in [1.29, 1.82) is 0 Å². The van der Waals surface area contributed by atoms with Gasteiger partial charge in [-0.25, -0.2) is 0 Å². The molecule has 2 heterocycles. The van der Waals surface area contributed by atoms with Crippen LogP contribution in [0.15, 0.2) is 53.1 Å². The lowest BCUT2D eigenvalue weighted by molar-refractivity contribution is -0.116. The Morgan fingerprint density at radius 2 is 2.04 bits per heavy atom. The van der Waals surface area contributed by atoms with E-state index in [2.05, 4.69) is 20.8 Å². The molecule has 0 spiro atoms. The van der Waals surface area contributed by atoms with Crippen molar-refractivity contribution in [2.45, 2.75) is 12.8 Å². The predicted octanol–water partition coefficient (Wildman–Crippen LogP) is 3.11. The molecule has 1 aliphatic heterocycles. The van der Waals surface area contributed by atoms with Crippen LogP contribution >= 0.6 is 0 Å². The van der Waals surface area contributed by atoms with Gasteiger partial charge in [0.25, 0.3) is 11.8 Å². The molecular formula is C19H18N4O3. The van der Waals surface area contributed by atoms with E-state index in [1.807, 2.05) is 48.5 Å². The Labute approximate surface area is 150 Å². The number of fused-ring (bicyclic) bond motifs is 1. The molecule has 0 bridgehead atoms. The third-order valence-corrected chi connectivity index (χ3v) is 4.07. The summed E-state index contributed by atoms with van der Waals surface area (Å²) >= 11 is 0. The minimum Gasteiger partial charge on any atom is -0.492 e. The molecule has 0 aliphatic carbocycles. The summed E-state index contributed by atoms with van der Waals surface area (Å²) in [4.78, 5) is 15.7. The number of amides is 1. The Hall–Kier alpha value is -3.35. The van der Waals surface area contributed by atoms with Crippen LogP contribution in [0.1, 0.15) is 12.0 Å². The van der Waals surface area contributed by atoms with Crippen molar-refractivity contribution in [2.24, 2.45) is 0 Å². The highest BCUT2D eigenvalue weighted by atomic mass is 16.5. The molecule has 0 saturated heterocycles. The number of carbonyl (C=O) groups excluding carboxylic acids is 1. The summed E-state index contributed by atoms with van der Waals surface area (Å²) in [6.07, 6.45) is 1.25. The normalized spacial score (nSPS) is 13.0. The molecule has 2 N–H and O–H groups in total. The topological polar surface area (TPSA) is 89.3 Å². The first kappa shape index (κ1) is 16.1. The highest BCUT2D eigenvalue weighted by Gasteiger charge is 2.15. The maximum atomic E-state index is 11.4. The molecule has 0 radical (unpaired) electrons. The van der Waals surface area contributed by atoms with Gasteiger partial charge in [0, 0.05) is 17.7 Å². The number of hydrogen-bond donors (Lipinski definition) is 2. The zero-order valence-electron chi connectivity index (χ0n) is 14.1. The maximum Gasteiger partial charge on any atom is 0.263 e. The van der Waals surface area contributed by atoms with E-state index in [0.29, 0.717) is 31.4 Å². The van der Waals surface area contributed by atoms with Crippen molar-refractivity contribution in [3.05, 3.63) is 54.1 Å². The number of ether oxygens (including phenoxy) is 1. The molecule has 2 aromatic carbocycles. The summed E-state index contributed by atoms with van der Waals surface area (Å²) < 4.78 is 11.0. The maximum absolute atomic E-state index is 11.4. The largest absolute Gasteiger partial charge is 0.492 e. The van der Waals surface area contributed by atoms with Gasteiger partial charge in [-0.05, 0) is 47.5 Å². The molecule has 4 rings (SSSR count). The van der Waals surface area contributed by atoms with E-state index in [0.717, 1.165) is 29.0 Å². The molecule has 3 aromatic rings. The molecule has 0 saturated carbocycles. The average molecular weight is 350 g/mol. The summed E-state index contributed by atoms with van der Waals surface area (Å²) in [5.41, 5.74) is 2.85. The molecule has 1 aliphatic rings. The SMILES string of the molecule is O=C1CCc2cc(OCCNc3noc(-c4ccccc4)n3)ccc2N1. The van der Waals surface area contributed by atoms with Crippen molar-refractivity contribution < 1.29 is 14.1 Å². The Bertz CT molecular complexity index is 908. The van der Waals surface area contributed by atoms with Crippen LogP contribution in [0.4, 0.5) is 11.6 Å². The molecule has 0 fully saturated rings. The second kappa shape index (κ2) is 7.26. The molecule has 0 unspecified atom stereocenters. The number of aromatic nitrogens is 2. The first-order chi connectivity index (χ1) is 12.8. The van der Waals surface area contributed by atoms with E-state index in [4.69, 9.17) is 9.26 Å². The number of anilines is 2. The lowest BCUT2D eigenvalue weighted by Gasteiger charge is -2.17.